The van der Waals surface area contributed by atoms with Gasteiger partial charge in [-0.15, -0.1) is 0 Å². The zero-order chi connectivity index (χ0) is 18.9. The van der Waals surface area contributed by atoms with Gasteiger partial charge in [-0.05, 0) is 32.0 Å². The van der Waals surface area contributed by atoms with Crippen LogP contribution in [-0.4, -0.2) is 50.6 Å². The molecule has 0 atom stereocenters. The normalized spacial score (nSPS) is 19.5. The van der Waals surface area contributed by atoms with Gasteiger partial charge in [-0.2, -0.15) is 0 Å². The monoisotopic (exact) mass is 362 g/mol. The van der Waals surface area contributed by atoms with Crippen molar-refractivity contribution in [1.29, 1.82) is 0 Å². The number of rotatable bonds is 7. The predicted molar refractivity (Wildman–Crippen MR) is 98.0 cm³/mol. The van der Waals surface area contributed by atoms with E-state index < -0.39 is 0 Å². The number of carbonyl (C=O) groups excluding carboxylic acids is 3. The Morgan fingerprint density at radius 2 is 1.92 bits per heavy atom. The van der Waals surface area contributed by atoms with Gasteiger partial charge in [0.1, 0.15) is 0 Å². The van der Waals surface area contributed by atoms with E-state index in [1.54, 1.807) is 24.3 Å². The number of anilines is 1. The number of esters is 1. The molecule has 3 N–H and O–H groups in total. The van der Waals surface area contributed by atoms with Crippen molar-refractivity contribution in [1.82, 2.24) is 5.32 Å². The molecule has 2 rings (SSSR count). The van der Waals surface area contributed by atoms with Crippen LogP contribution in [-0.2, 0) is 14.3 Å². The third-order valence-electron chi connectivity index (χ3n) is 4.47. The van der Waals surface area contributed by atoms with Gasteiger partial charge in [0.05, 0.1) is 25.6 Å². The second-order valence-electron chi connectivity index (χ2n) is 6.44. The predicted octanol–water partition coefficient (Wildman–Crippen LogP) is 0.233. The van der Waals surface area contributed by atoms with Crippen molar-refractivity contribution < 1.29 is 24.0 Å². The van der Waals surface area contributed by atoms with Crippen LogP contribution in [0.5, 0.6) is 0 Å². The Kier molecular flexibility index (Phi) is 7.59. The van der Waals surface area contributed by atoms with Crippen LogP contribution in [0, 0.1) is 5.92 Å². The summed E-state index contributed by atoms with van der Waals surface area (Å²) < 4.78 is 5.06. The van der Waals surface area contributed by atoms with Crippen LogP contribution >= 0.6 is 0 Å². The molecule has 1 heterocycles. The zero-order valence-corrected chi connectivity index (χ0v) is 15.5. The lowest BCUT2D eigenvalue weighted by Crippen LogP contribution is -3.14. The van der Waals surface area contributed by atoms with E-state index in [-0.39, 0.29) is 23.7 Å². The number of quaternary nitrogens is 1. The van der Waals surface area contributed by atoms with Gasteiger partial charge in [-0.1, -0.05) is 6.07 Å². The van der Waals surface area contributed by atoms with Crippen LogP contribution < -0.4 is 15.5 Å². The summed E-state index contributed by atoms with van der Waals surface area (Å²) in [6, 6.07) is 6.90. The summed E-state index contributed by atoms with van der Waals surface area (Å²) in [7, 11) is 0. The minimum atomic E-state index is -0.157. The first-order chi connectivity index (χ1) is 12.5. The van der Waals surface area contributed by atoms with E-state index in [1.807, 2.05) is 13.8 Å². The fraction of sp³-hybridized carbons (Fsp3) is 0.526. The first-order valence-corrected chi connectivity index (χ1v) is 9.21. The SMILES string of the molecule is CCNC(=O)c1cccc(NC(=O)C[NH+]2CCC(C(=O)OCC)CC2)c1. The molecule has 0 bridgehead atoms. The largest absolute Gasteiger partial charge is 0.466 e. The van der Waals surface area contributed by atoms with Crippen LogP contribution in [0.2, 0.25) is 0 Å². The van der Waals surface area contributed by atoms with Crippen molar-refractivity contribution in [3.05, 3.63) is 29.8 Å². The van der Waals surface area contributed by atoms with Gasteiger partial charge in [0.15, 0.2) is 6.54 Å². The lowest BCUT2D eigenvalue weighted by molar-refractivity contribution is -0.897. The van der Waals surface area contributed by atoms with E-state index in [1.165, 1.54) is 0 Å². The van der Waals surface area contributed by atoms with Crippen LogP contribution in [0.15, 0.2) is 24.3 Å². The molecule has 7 heteroatoms. The van der Waals surface area contributed by atoms with Crippen LogP contribution in [0.3, 0.4) is 0 Å². The summed E-state index contributed by atoms with van der Waals surface area (Å²) in [5.41, 5.74) is 1.13. The van der Waals surface area contributed by atoms with Gasteiger partial charge in [0.25, 0.3) is 11.8 Å². The molecule has 2 amide bonds. The Labute approximate surface area is 154 Å². The van der Waals surface area contributed by atoms with Crippen LogP contribution in [0.25, 0.3) is 0 Å². The number of hydrogen-bond acceptors (Lipinski definition) is 4. The molecule has 1 aliphatic heterocycles. The summed E-state index contributed by atoms with van der Waals surface area (Å²) in [6.45, 7) is 6.53. The fourth-order valence-corrected chi connectivity index (χ4v) is 3.13. The Morgan fingerprint density at radius 1 is 1.19 bits per heavy atom. The highest BCUT2D eigenvalue weighted by Crippen LogP contribution is 2.12. The standard InChI is InChI=1S/C19H27N3O4/c1-3-20-18(24)15-6-5-7-16(12-15)21-17(23)13-22-10-8-14(9-11-22)19(25)26-4-2/h5-7,12,14H,3-4,8-11,13H2,1-2H3,(H,20,24)(H,21,23)/p+1. The highest BCUT2D eigenvalue weighted by molar-refractivity contribution is 5.97. The van der Waals surface area contributed by atoms with E-state index in [0.29, 0.717) is 30.9 Å². The number of amides is 2. The van der Waals surface area contributed by atoms with Gasteiger partial charge < -0.3 is 20.3 Å². The second kappa shape index (κ2) is 9.91. The average molecular weight is 362 g/mol. The van der Waals surface area contributed by atoms with E-state index in [9.17, 15) is 14.4 Å². The van der Waals surface area contributed by atoms with E-state index in [2.05, 4.69) is 10.6 Å². The van der Waals surface area contributed by atoms with Gasteiger partial charge in [0.2, 0.25) is 0 Å². The lowest BCUT2D eigenvalue weighted by atomic mass is 9.97. The smallest absolute Gasteiger partial charge is 0.309 e. The highest BCUT2D eigenvalue weighted by atomic mass is 16.5. The first-order valence-electron chi connectivity index (χ1n) is 9.21. The topological polar surface area (TPSA) is 88.9 Å². The van der Waals surface area contributed by atoms with Crippen LogP contribution in [0.1, 0.15) is 37.0 Å². The molecule has 1 fully saturated rings. The molecule has 142 valence electrons. The number of nitrogens with one attached hydrogen (secondary N) is 3. The fourth-order valence-electron chi connectivity index (χ4n) is 3.13. The van der Waals surface area contributed by atoms with Crippen molar-refractivity contribution >= 4 is 23.5 Å². The summed E-state index contributed by atoms with van der Waals surface area (Å²) in [4.78, 5) is 37.1. The second-order valence-corrected chi connectivity index (χ2v) is 6.44. The molecule has 0 saturated carbocycles. The highest BCUT2D eigenvalue weighted by Gasteiger charge is 2.29. The first kappa shape index (κ1) is 19.9. The number of hydrogen-bond donors (Lipinski definition) is 3. The van der Waals surface area contributed by atoms with E-state index >= 15 is 0 Å². The molecule has 0 aliphatic carbocycles. The molecule has 1 aromatic carbocycles. The van der Waals surface area contributed by atoms with Gasteiger partial charge >= 0.3 is 5.97 Å². The molecule has 7 nitrogen and oxygen atoms in total. The molecule has 0 aromatic heterocycles. The van der Waals surface area contributed by atoms with Crippen molar-refractivity contribution in [3.8, 4) is 0 Å². The lowest BCUT2D eigenvalue weighted by Gasteiger charge is -2.27. The van der Waals surface area contributed by atoms with Crippen molar-refractivity contribution in [2.24, 2.45) is 5.92 Å². The molecular formula is C19H28N3O4+. The third-order valence-corrected chi connectivity index (χ3v) is 4.47. The van der Waals surface area contributed by atoms with E-state index in [0.717, 1.165) is 30.8 Å². The average Bonchev–Trinajstić information content (AvgIpc) is 2.63. The maximum atomic E-state index is 12.3. The molecule has 1 saturated heterocycles. The number of ether oxygens (including phenoxy) is 1. The van der Waals surface area contributed by atoms with Crippen LogP contribution in [0.4, 0.5) is 5.69 Å². The quantitative estimate of drug-likeness (QED) is 0.606. The van der Waals surface area contributed by atoms with Gasteiger partial charge in [-0.3, -0.25) is 14.4 Å². The summed E-state index contributed by atoms with van der Waals surface area (Å²) in [6.07, 6.45) is 1.49. The van der Waals surface area contributed by atoms with Gasteiger partial charge in [-0.25, -0.2) is 0 Å². The van der Waals surface area contributed by atoms with Crippen molar-refractivity contribution in [2.45, 2.75) is 26.7 Å². The maximum absolute atomic E-state index is 12.3. The Bertz CT molecular complexity index is 639. The zero-order valence-electron chi connectivity index (χ0n) is 15.5. The van der Waals surface area contributed by atoms with E-state index in [4.69, 9.17) is 4.74 Å². The molecule has 1 aromatic rings. The Morgan fingerprint density at radius 3 is 2.58 bits per heavy atom. The number of piperidine rings is 1. The van der Waals surface area contributed by atoms with Gasteiger partial charge in [0, 0.05) is 30.6 Å². The molecule has 26 heavy (non-hydrogen) atoms. The number of likely N-dealkylation sites (tertiary alicyclic amines) is 1. The molecule has 0 unspecified atom stereocenters. The molecule has 0 spiro atoms. The summed E-state index contributed by atoms with van der Waals surface area (Å²) >= 11 is 0. The summed E-state index contributed by atoms with van der Waals surface area (Å²) in [5.74, 6) is -0.424. The Balaban J connectivity index is 1.82. The number of benzene rings is 1. The Hall–Kier alpha value is -2.41. The summed E-state index contributed by atoms with van der Waals surface area (Å²) in [5, 5.41) is 5.59. The third kappa shape index (κ3) is 5.84. The van der Waals surface area contributed by atoms with Crippen molar-refractivity contribution in [2.75, 3.05) is 38.1 Å². The minimum Gasteiger partial charge on any atom is -0.466 e. The van der Waals surface area contributed by atoms with Crippen molar-refractivity contribution in [3.63, 3.8) is 0 Å². The molecular weight excluding hydrogens is 334 g/mol. The molecule has 0 radical (unpaired) electrons. The molecule has 1 aliphatic rings. The number of carbonyl (C=O) groups is 3. The maximum Gasteiger partial charge on any atom is 0.309 e. The minimum absolute atomic E-state index is 0.0458.